The standard InChI is InChI=1S/C11H20O4S/c1-4-8(2)10(12)7-16(13,14)11-5-6-15-9(11)3/h8-9,11H,4-7H2,1-3H3. The predicted octanol–water partition coefficient (Wildman–Crippen LogP) is 1.19. The van der Waals surface area contributed by atoms with E-state index in [4.69, 9.17) is 4.74 Å². The highest BCUT2D eigenvalue weighted by atomic mass is 32.2. The third-order valence-electron chi connectivity index (χ3n) is 3.27. The molecule has 16 heavy (non-hydrogen) atoms. The monoisotopic (exact) mass is 248 g/mol. The van der Waals surface area contributed by atoms with Gasteiger partial charge < -0.3 is 4.74 Å². The normalized spacial score (nSPS) is 27.9. The second-order valence-electron chi connectivity index (χ2n) is 4.49. The molecular formula is C11H20O4S. The summed E-state index contributed by atoms with van der Waals surface area (Å²) in [5.41, 5.74) is 0. The van der Waals surface area contributed by atoms with Crippen molar-refractivity contribution in [3.05, 3.63) is 0 Å². The van der Waals surface area contributed by atoms with E-state index < -0.39 is 15.1 Å². The number of hydrogen-bond acceptors (Lipinski definition) is 4. The number of carbonyl (C=O) groups is 1. The van der Waals surface area contributed by atoms with E-state index in [1.165, 1.54) is 0 Å². The van der Waals surface area contributed by atoms with Crippen molar-refractivity contribution in [1.82, 2.24) is 0 Å². The van der Waals surface area contributed by atoms with Gasteiger partial charge in [-0.25, -0.2) is 8.42 Å². The molecule has 0 aromatic heterocycles. The Morgan fingerprint density at radius 2 is 2.12 bits per heavy atom. The number of ketones is 1. The Labute approximate surface area is 97.3 Å². The molecule has 1 rings (SSSR count). The first kappa shape index (κ1) is 13.6. The van der Waals surface area contributed by atoms with Crippen LogP contribution in [0.3, 0.4) is 0 Å². The van der Waals surface area contributed by atoms with Crippen LogP contribution in [0.2, 0.25) is 0 Å². The molecule has 0 N–H and O–H groups in total. The van der Waals surface area contributed by atoms with Gasteiger partial charge in [0, 0.05) is 12.5 Å². The van der Waals surface area contributed by atoms with Gasteiger partial charge in [-0.2, -0.15) is 0 Å². The quantitative estimate of drug-likeness (QED) is 0.733. The molecule has 1 aliphatic heterocycles. The van der Waals surface area contributed by atoms with Gasteiger partial charge >= 0.3 is 0 Å². The third kappa shape index (κ3) is 3.04. The molecular weight excluding hydrogens is 228 g/mol. The number of rotatable bonds is 5. The number of Topliss-reactive ketones (excluding diaryl/α,β-unsaturated/α-hetero) is 1. The Kier molecular flexibility index (Phi) is 4.50. The van der Waals surface area contributed by atoms with Crippen molar-refractivity contribution in [1.29, 1.82) is 0 Å². The summed E-state index contributed by atoms with van der Waals surface area (Å²) < 4.78 is 29.2. The fourth-order valence-electron chi connectivity index (χ4n) is 1.86. The fraction of sp³-hybridized carbons (Fsp3) is 0.909. The fourth-order valence-corrected chi connectivity index (χ4v) is 3.87. The van der Waals surface area contributed by atoms with Crippen LogP contribution >= 0.6 is 0 Å². The van der Waals surface area contributed by atoms with Crippen LogP contribution in [0.25, 0.3) is 0 Å². The highest BCUT2D eigenvalue weighted by Crippen LogP contribution is 2.22. The lowest BCUT2D eigenvalue weighted by atomic mass is 10.1. The molecule has 1 heterocycles. The largest absolute Gasteiger partial charge is 0.377 e. The molecule has 0 aliphatic carbocycles. The minimum Gasteiger partial charge on any atom is -0.377 e. The van der Waals surface area contributed by atoms with Crippen LogP contribution in [0.5, 0.6) is 0 Å². The smallest absolute Gasteiger partial charge is 0.162 e. The SMILES string of the molecule is CCC(C)C(=O)CS(=O)(=O)C1CCOC1C. The number of hydrogen-bond donors (Lipinski definition) is 0. The lowest BCUT2D eigenvalue weighted by Crippen LogP contribution is -2.34. The minimum absolute atomic E-state index is 0.174. The zero-order valence-corrected chi connectivity index (χ0v) is 10.9. The van der Waals surface area contributed by atoms with Crippen molar-refractivity contribution >= 4 is 15.6 Å². The van der Waals surface area contributed by atoms with Crippen molar-refractivity contribution < 1.29 is 17.9 Å². The molecule has 0 radical (unpaired) electrons. The maximum atomic E-state index is 12.0. The summed E-state index contributed by atoms with van der Waals surface area (Å²) in [4.78, 5) is 11.6. The van der Waals surface area contributed by atoms with E-state index in [1.54, 1.807) is 13.8 Å². The molecule has 0 aromatic rings. The molecule has 5 heteroatoms. The maximum Gasteiger partial charge on any atom is 0.162 e. The lowest BCUT2D eigenvalue weighted by Gasteiger charge is -2.15. The average molecular weight is 248 g/mol. The first-order chi connectivity index (χ1) is 7.38. The molecule has 0 bridgehead atoms. The lowest BCUT2D eigenvalue weighted by molar-refractivity contribution is -0.119. The summed E-state index contributed by atoms with van der Waals surface area (Å²) in [5.74, 6) is -0.686. The summed E-state index contributed by atoms with van der Waals surface area (Å²) in [6.45, 7) is 5.88. The summed E-state index contributed by atoms with van der Waals surface area (Å²) in [6.07, 6.45) is 0.914. The molecule has 0 spiro atoms. The van der Waals surface area contributed by atoms with Crippen LogP contribution in [0.15, 0.2) is 0 Å². The Morgan fingerprint density at radius 3 is 2.56 bits per heavy atom. The van der Waals surface area contributed by atoms with Gasteiger partial charge in [-0.15, -0.1) is 0 Å². The van der Waals surface area contributed by atoms with Crippen LogP contribution in [-0.4, -0.2) is 37.9 Å². The van der Waals surface area contributed by atoms with Gasteiger partial charge in [-0.05, 0) is 19.8 Å². The zero-order valence-electron chi connectivity index (χ0n) is 10.1. The maximum absolute atomic E-state index is 12.0. The van der Waals surface area contributed by atoms with Gasteiger partial charge in [-0.3, -0.25) is 4.79 Å². The molecule has 1 aliphatic rings. The Hall–Kier alpha value is -0.420. The summed E-state index contributed by atoms with van der Waals surface area (Å²) >= 11 is 0. The van der Waals surface area contributed by atoms with Crippen molar-refractivity contribution in [3.8, 4) is 0 Å². The summed E-state index contributed by atoms with van der Waals surface area (Å²) in [5, 5.41) is -0.500. The van der Waals surface area contributed by atoms with E-state index in [0.717, 1.165) is 0 Å². The van der Waals surface area contributed by atoms with E-state index in [1.807, 2.05) is 6.92 Å². The topological polar surface area (TPSA) is 60.4 Å². The molecule has 0 aromatic carbocycles. The van der Waals surface area contributed by atoms with Crippen LogP contribution in [-0.2, 0) is 19.4 Å². The third-order valence-corrected chi connectivity index (χ3v) is 5.50. The minimum atomic E-state index is -3.34. The van der Waals surface area contributed by atoms with Gasteiger partial charge in [0.05, 0.1) is 11.4 Å². The van der Waals surface area contributed by atoms with E-state index >= 15 is 0 Å². The summed E-state index contributed by atoms with van der Waals surface area (Å²) in [6, 6.07) is 0. The first-order valence-corrected chi connectivity index (χ1v) is 7.46. The average Bonchev–Trinajstić information content (AvgIpc) is 2.63. The van der Waals surface area contributed by atoms with Gasteiger partial charge in [0.1, 0.15) is 5.75 Å². The van der Waals surface area contributed by atoms with Crippen molar-refractivity contribution in [3.63, 3.8) is 0 Å². The van der Waals surface area contributed by atoms with Crippen LogP contribution in [0, 0.1) is 5.92 Å². The van der Waals surface area contributed by atoms with Crippen LogP contribution < -0.4 is 0 Å². The van der Waals surface area contributed by atoms with Crippen LogP contribution in [0.1, 0.15) is 33.6 Å². The molecule has 94 valence electrons. The van der Waals surface area contributed by atoms with E-state index in [0.29, 0.717) is 19.4 Å². The first-order valence-electron chi connectivity index (χ1n) is 5.74. The van der Waals surface area contributed by atoms with Crippen molar-refractivity contribution in [2.75, 3.05) is 12.4 Å². The Balaban J connectivity index is 2.68. The Bertz CT molecular complexity index is 347. The molecule has 0 amide bonds. The highest BCUT2D eigenvalue weighted by Gasteiger charge is 2.37. The zero-order chi connectivity index (χ0) is 12.3. The number of ether oxygens (including phenoxy) is 1. The number of carbonyl (C=O) groups excluding carboxylic acids is 1. The van der Waals surface area contributed by atoms with Gasteiger partial charge in [-0.1, -0.05) is 13.8 Å². The van der Waals surface area contributed by atoms with E-state index in [-0.39, 0.29) is 23.6 Å². The number of sulfone groups is 1. The predicted molar refractivity (Wildman–Crippen MR) is 62.1 cm³/mol. The molecule has 3 unspecified atom stereocenters. The molecule has 3 atom stereocenters. The van der Waals surface area contributed by atoms with E-state index in [9.17, 15) is 13.2 Å². The van der Waals surface area contributed by atoms with Gasteiger partial charge in [0.15, 0.2) is 15.6 Å². The van der Waals surface area contributed by atoms with Crippen molar-refractivity contribution in [2.24, 2.45) is 5.92 Å². The second kappa shape index (κ2) is 5.27. The molecule has 1 fully saturated rings. The van der Waals surface area contributed by atoms with Crippen molar-refractivity contribution in [2.45, 2.75) is 45.0 Å². The summed E-state index contributed by atoms with van der Waals surface area (Å²) in [7, 11) is -3.34. The highest BCUT2D eigenvalue weighted by molar-refractivity contribution is 7.92. The van der Waals surface area contributed by atoms with Gasteiger partial charge in [0.2, 0.25) is 0 Å². The second-order valence-corrected chi connectivity index (χ2v) is 6.71. The van der Waals surface area contributed by atoms with Gasteiger partial charge in [0.25, 0.3) is 0 Å². The molecule has 4 nitrogen and oxygen atoms in total. The van der Waals surface area contributed by atoms with Crippen LogP contribution in [0.4, 0.5) is 0 Å². The molecule has 1 saturated heterocycles. The van der Waals surface area contributed by atoms with E-state index in [2.05, 4.69) is 0 Å². The Morgan fingerprint density at radius 1 is 1.50 bits per heavy atom. The molecule has 0 saturated carbocycles.